The molecule has 1 N–H and O–H groups in total. The standard InChI is InChI=1S/C18H20N4O2S/c1-12-4-7-15(8-5-12)22-11-19-21-18(22)25-10-17(23)20-14(3)16-9-6-13(2)24-16/h4-9,11,14H,10H2,1-3H3,(H,20,23). The van der Waals surface area contributed by atoms with E-state index in [0.29, 0.717) is 5.16 Å². The molecule has 3 rings (SSSR count). The maximum Gasteiger partial charge on any atom is 0.231 e. The molecule has 0 spiro atoms. The van der Waals surface area contributed by atoms with Gasteiger partial charge in [0.1, 0.15) is 17.8 Å². The third kappa shape index (κ3) is 4.30. The number of furan rings is 1. The van der Waals surface area contributed by atoms with Crippen molar-refractivity contribution in [2.45, 2.75) is 32.0 Å². The van der Waals surface area contributed by atoms with Gasteiger partial charge in [-0.1, -0.05) is 29.5 Å². The fraction of sp³-hybridized carbons (Fsp3) is 0.278. The van der Waals surface area contributed by atoms with E-state index in [1.807, 2.05) is 61.7 Å². The Balaban J connectivity index is 1.59. The predicted molar refractivity (Wildman–Crippen MR) is 96.8 cm³/mol. The molecule has 7 heteroatoms. The molecule has 1 aromatic carbocycles. The molecule has 2 aromatic heterocycles. The van der Waals surface area contributed by atoms with Gasteiger partial charge in [-0.25, -0.2) is 0 Å². The van der Waals surface area contributed by atoms with Crippen LogP contribution in [-0.4, -0.2) is 26.4 Å². The number of nitrogens with zero attached hydrogens (tertiary/aromatic N) is 3. The van der Waals surface area contributed by atoms with Crippen LogP contribution < -0.4 is 5.32 Å². The first-order chi connectivity index (χ1) is 12.0. The third-order valence-corrected chi connectivity index (χ3v) is 4.67. The summed E-state index contributed by atoms with van der Waals surface area (Å²) in [4.78, 5) is 12.2. The van der Waals surface area contributed by atoms with Gasteiger partial charge in [0.2, 0.25) is 5.91 Å². The van der Waals surface area contributed by atoms with E-state index < -0.39 is 0 Å². The minimum absolute atomic E-state index is 0.0787. The molecule has 0 bridgehead atoms. The average Bonchev–Trinajstić information content (AvgIpc) is 3.22. The van der Waals surface area contributed by atoms with Crippen LogP contribution in [0.3, 0.4) is 0 Å². The largest absolute Gasteiger partial charge is 0.464 e. The minimum atomic E-state index is -0.170. The monoisotopic (exact) mass is 356 g/mol. The lowest BCUT2D eigenvalue weighted by Crippen LogP contribution is -2.28. The number of amides is 1. The van der Waals surface area contributed by atoms with Crippen LogP contribution in [0, 0.1) is 13.8 Å². The van der Waals surface area contributed by atoms with Gasteiger partial charge in [0.25, 0.3) is 0 Å². The molecule has 2 heterocycles. The summed E-state index contributed by atoms with van der Waals surface area (Å²) >= 11 is 1.35. The van der Waals surface area contributed by atoms with E-state index in [9.17, 15) is 4.79 Å². The van der Waals surface area contributed by atoms with Crippen molar-refractivity contribution in [3.8, 4) is 5.69 Å². The molecule has 0 aliphatic carbocycles. The number of aryl methyl sites for hydroxylation is 2. The Kier molecular flexibility index (Phi) is 5.23. The number of rotatable bonds is 6. The Morgan fingerprint density at radius 1 is 1.24 bits per heavy atom. The smallest absolute Gasteiger partial charge is 0.231 e. The predicted octanol–water partition coefficient (Wildman–Crippen LogP) is 3.45. The summed E-state index contributed by atoms with van der Waals surface area (Å²) in [5, 5.41) is 11.7. The molecule has 0 saturated heterocycles. The number of aromatic nitrogens is 3. The summed E-state index contributed by atoms with van der Waals surface area (Å²) in [5.74, 6) is 1.76. The fourth-order valence-electron chi connectivity index (χ4n) is 2.38. The van der Waals surface area contributed by atoms with E-state index in [2.05, 4.69) is 15.5 Å². The second kappa shape index (κ2) is 7.57. The maximum atomic E-state index is 12.2. The minimum Gasteiger partial charge on any atom is -0.464 e. The van der Waals surface area contributed by atoms with E-state index in [0.717, 1.165) is 17.2 Å². The van der Waals surface area contributed by atoms with Crippen molar-refractivity contribution in [1.29, 1.82) is 0 Å². The van der Waals surface area contributed by atoms with Gasteiger partial charge in [-0.2, -0.15) is 0 Å². The number of carbonyl (C=O) groups excluding carboxylic acids is 1. The van der Waals surface area contributed by atoms with Crippen molar-refractivity contribution in [2.24, 2.45) is 0 Å². The van der Waals surface area contributed by atoms with E-state index in [4.69, 9.17) is 4.42 Å². The second-order valence-corrected chi connectivity index (χ2v) is 6.79. The lowest BCUT2D eigenvalue weighted by atomic mass is 10.2. The number of benzene rings is 1. The lowest BCUT2D eigenvalue weighted by molar-refractivity contribution is -0.119. The van der Waals surface area contributed by atoms with Crippen LogP contribution in [0.2, 0.25) is 0 Å². The normalized spacial score (nSPS) is 12.1. The van der Waals surface area contributed by atoms with Gasteiger partial charge >= 0.3 is 0 Å². The Bertz CT molecular complexity index is 854. The van der Waals surface area contributed by atoms with Crippen molar-refractivity contribution in [2.75, 3.05) is 5.75 Å². The molecule has 3 aromatic rings. The third-order valence-electron chi connectivity index (χ3n) is 3.73. The molecule has 6 nitrogen and oxygen atoms in total. The zero-order valence-electron chi connectivity index (χ0n) is 14.4. The van der Waals surface area contributed by atoms with Crippen molar-refractivity contribution in [3.63, 3.8) is 0 Å². The number of hydrogen-bond acceptors (Lipinski definition) is 5. The highest BCUT2D eigenvalue weighted by atomic mass is 32.2. The molecule has 25 heavy (non-hydrogen) atoms. The van der Waals surface area contributed by atoms with Gasteiger partial charge in [0.05, 0.1) is 11.8 Å². The first kappa shape index (κ1) is 17.3. The van der Waals surface area contributed by atoms with Gasteiger partial charge in [-0.15, -0.1) is 10.2 Å². The van der Waals surface area contributed by atoms with Crippen LogP contribution in [0.1, 0.15) is 30.0 Å². The van der Waals surface area contributed by atoms with E-state index in [-0.39, 0.29) is 17.7 Å². The maximum absolute atomic E-state index is 12.2. The topological polar surface area (TPSA) is 73.0 Å². The highest BCUT2D eigenvalue weighted by molar-refractivity contribution is 7.99. The fourth-order valence-corrected chi connectivity index (χ4v) is 3.12. The quantitative estimate of drug-likeness (QED) is 0.685. The number of hydrogen-bond donors (Lipinski definition) is 1. The average molecular weight is 356 g/mol. The number of nitrogens with one attached hydrogen (secondary N) is 1. The lowest BCUT2D eigenvalue weighted by Gasteiger charge is -2.11. The van der Waals surface area contributed by atoms with Gasteiger partial charge in [0, 0.05) is 5.69 Å². The van der Waals surface area contributed by atoms with Crippen molar-refractivity contribution >= 4 is 17.7 Å². The molecule has 0 fully saturated rings. The van der Waals surface area contributed by atoms with Crippen LogP contribution >= 0.6 is 11.8 Å². The Morgan fingerprint density at radius 3 is 2.68 bits per heavy atom. The molecule has 0 radical (unpaired) electrons. The van der Waals surface area contributed by atoms with E-state index >= 15 is 0 Å². The van der Waals surface area contributed by atoms with Crippen LogP contribution in [0.4, 0.5) is 0 Å². The van der Waals surface area contributed by atoms with Gasteiger partial charge < -0.3 is 9.73 Å². The van der Waals surface area contributed by atoms with Gasteiger partial charge in [0.15, 0.2) is 5.16 Å². The summed E-state index contributed by atoms with van der Waals surface area (Å²) in [7, 11) is 0. The summed E-state index contributed by atoms with van der Waals surface area (Å²) in [6.45, 7) is 5.82. The van der Waals surface area contributed by atoms with Crippen LogP contribution in [0.25, 0.3) is 5.69 Å². The van der Waals surface area contributed by atoms with Gasteiger partial charge in [-0.3, -0.25) is 9.36 Å². The van der Waals surface area contributed by atoms with Gasteiger partial charge in [-0.05, 0) is 45.0 Å². The molecule has 0 aliphatic heterocycles. The highest BCUT2D eigenvalue weighted by Gasteiger charge is 2.14. The number of carbonyl (C=O) groups is 1. The second-order valence-electron chi connectivity index (χ2n) is 5.85. The molecular weight excluding hydrogens is 336 g/mol. The molecule has 0 aliphatic rings. The SMILES string of the molecule is Cc1ccc(-n2cnnc2SCC(=O)NC(C)c2ccc(C)o2)cc1. The van der Waals surface area contributed by atoms with Crippen molar-refractivity contribution < 1.29 is 9.21 Å². The Labute approximate surface area is 150 Å². The Hall–Kier alpha value is -2.54. The summed E-state index contributed by atoms with van der Waals surface area (Å²) in [6.07, 6.45) is 1.65. The zero-order valence-corrected chi connectivity index (χ0v) is 15.2. The zero-order chi connectivity index (χ0) is 17.8. The molecule has 1 atom stereocenters. The summed E-state index contributed by atoms with van der Waals surface area (Å²) in [5.41, 5.74) is 2.16. The first-order valence-corrected chi connectivity index (χ1v) is 8.97. The molecule has 1 amide bonds. The van der Waals surface area contributed by atoms with Crippen molar-refractivity contribution in [1.82, 2.24) is 20.1 Å². The first-order valence-electron chi connectivity index (χ1n) is 7.98. The van der Waals surface area contributed by atoms with Crippen LogP contribution in [0.15, 0.2) is 52.3 Å². The molecule has 0 saturated carbocycles. The summed E-state index contributed by atoms with van der Waals surface area (Å²) in [6, 6.07) is 11.7. The Morgan fingerprint density at radius 2 is 2.00 bits per heavy atom. The van der Waals surface area contributed by atoms with E-state index in [1.54, 1.807) is 6.33 Å². The van der Waals surface area contributed by atoms with E-state index in [1.165, 1.54) is 17.3 Å². The van der Waals surface area contributed by atoms with Crippen molar-refractivity contribution in [3.05, 3.63) is 59.8 Å². The van der Waals surface area contributed by atoms with Crippen LogP contribution in [-0.2, 0) is 4.79 Å². The molecule has 130 valence electrons. The number of thioether (sulfide) groups is 1. The molecule has 1 unspecified atom stereocenters. The summed E-state index contributed by atoms with van der Waals surface area (Å²) < 4.78 is 7.41. The highest BCUT2D eigenvalue weighted by Crippen LogP contribution is 2.20. The molecular formula is C18H20N4O2S. The van der Waals surface area contributed by atoms with Crippen LogP contribution in [0.5, 0.6) is 0 Å².